The van der Waals surface area contributed by atoms with Crippen molar-refractivity contribution < 1.29 is 14.3 Å². The SMILES string of the molecule is CCOC(=O)N[C@H]1CC2(CCCC2)Oc2ccccc21. The van der Waals surface area contributed by atoms with Gasteiger partial charge < -0.3 is 14.8 Å². The maximum absolute atomic E-state index is 11.8. The Kier molecular flexibility index (Phi) is 3.55. The maximum Gasteiger partial charge on any atom is 0.407 e. The highest BCUT2D eigenvalue weighted by atomic mass is 16.5. The number of carbonyl (C=O) groups excluding carboxylic acids is 1. The highest BCUT2D eigenvalue weighted by Crippen LogP contribution is 2.46. The molecule has 4 nitrogen and oxygen atoms in total. The number of fused-ring (bicyclic) bond motifs is 1. The van der Waals surface area contributed by atoms with Crippen LogP contribution in [0.5, 0.6) is 5.75 Å². The van der Waals surface area contributed by atoms with E-state index >= 15 is 0 Å². The van der Waals surface area contributed by atoms with E-state index in [4.69, 9.17) is 9.47 Å². The topological polar surface area (TPSA) is 47.6 Å². The molecular formula is C16H21NO3. The first-order chi connectivity index (χ1) is 9.72. The van der Waals surface area contributed by atoms with Gasteiger partial charge >= 0.3 is 6.09 Å². The summed E-state index contributed by atoms with van der Waals surface area (Å²) >= 11 is 0. The van der Waals surface area contributed by atoms with Crippen molar-refractivity contribution in [1.82, 2.24) is 5.32 Å². The number of amides is 1. The zero-order chi connectivity index (χ0) is 14.0. The number of hydrogen-bond acceptors (Lipinski definition) is 3. The Morgan fingerprint density at radius 3 is 2.90 bits per heavy atom. The van der Waals surface area contributed by atoms with Crippen LogP contribution in [-0.2, 0) is 4.74 Å². The second-order valence-electron chi connectivity index (χ2n) is 5.65. The summed E-state index contributed by atoms with van der Waals surface area (Å²) in [6.07, 6.45) is 5.04. The van der Waals surface area contributed by atoms with Gasteiger partial charge in [0.1, 0.15) is 11.4 Å². The average molecular weight is 275 g/mol. The third kappa shape index (κ3) is 2.47. The van der Waals surface area contributed by atoms with Crippen molar-refractivity contribution in [3.63, 3.8) is 0 Å². The van der Waals surface area contributed by atoms with Crippen molar-refractivity contribution in [1.29, 1.82) is 0 Å². The van der Waals surface area contributed by atoms with Crippen LogP contribution in [0, 0.1) is 0 Å². The van der Waals surface area contributed by atoms with Crippen molar-refractivity contribution in [3.05, 3.63) is 29.8 Å². The van der Waals surface area contributed by atoms with E-state index in [1.54, 1.807) is 0 Å². The van der Waals surface area contributed by atoms with Crippen LogP contribution < -0.4 is 10.1 Å². The van der Waals surface area contributed by atoms with E-state index in [0.717, 1.165) is 30.6 Å². The molecule has 1 saturated carbocycles. The summed E-state index contributed by atoms with van der Waals surface area (Å²) in [5, 5.41) is 2.99. The monoisotopic (exact) mass is 275 g/mol. The minimum absolute atomic E-state index is 0.0166. The van der Waals surface area contributed by atoms with E-state index in [2.05, 4.69) is 5.32 Å². The third-order valence-electron chi connectivity index (χ3n) is 4.28. The van der Waals surface area contributed by atoms with Crippen molar-refractivity contribution in [3.8, 4) is 5.75 Å². The zero-order valence-corrected chi connectivity index (χ0v) is 11.9. The standard InChI is InChI=1S/C16H21NO3/c1-2-19-15(18)17-13-11-16(9-5-6-10-16)20-14-8-4-3-7-12(13)14/h3-4,7-8,13H,2,5-6,9-11H2,1H3,(H,17,18)/t13-/m0/s1. The number of carbonyl (C=O) groups is 1. The molecule has 0 saturated heterocycles. The first-order valence-corrected chi connectivity index (χ1v) is 7.44. The molecule has 1 spiro atoms. The zero-order valence-electron chi connectivity index (χ0n) is 11.9. The lowest BCUT2D eigenvalue weighted by atomic mass is 9.86. The molecule has 0 aromatic heterocycles. The first-order valence-electron chi connectivity index (χ1n) is 7.44. The molecule has 2 aliphatic rings. The van der Waals surface area contributed by atoms with E-state index in [9.17, 15) is 4.79 Å². The number of para-hydroxylation sites is 1. The molecule has 1 heterocycles. The molecule has 1 fully saturated rings. The molecule has 1 atom stereocenters. The molecule has 20 heavy (non-hydrogen) atoms. The molecule has 1 aliphatic carbocycles. The van der Waals surface area contributed by atoms with E-state index < -0.39 is 0 Å². The molecule has 1 aliphatic heterocycles. The average Bonchev–Trinajstić information content (AvgIpc) is 2.87. The van der Waals surface area contributed by atoms with Gasteiger partial charge in [0.05, 0.1) is 12.6 Å². The van der Waals surface area contributed by atoms with Gasteiger partial charge in [0.25, 0.3) is 0 Å². The summed E-state index contributed by atoms with van der Waals surface area (Å²) in [7, 11) is 0. The Hall–Kier alpha value is -1.71. The highest BCUT2D eigenvalue weighted by Gasteiger charge is 2.43. The van der Waals surface area contributed by atoms with Gasteiger partial charge in [-0.1, -0.05) is 18.2 Å². The van der Waals surface area contributed by atoms with E-state index in [1.165, 1.54) is 12.8 Å². The van der Waals surface area contributed by atoms with Crippen LogP contribution in [0.15, 0.2) is 24.3 Å². The van der Waals surface area contributed by atoms with Crippen LogP contribution >= 0.6 is 0 Å². The van der Waals surface area contributed by atoms with Crippen LogP contribution in [0.4, 0.5) is 4.79 Å². The van der Waals surface area contributed by atoms with Gasteiger partial charge in [-0.15, -0.1) is 0 Å². The summed E-state index contributed by atoms with van der Waals surface area (Å²) in [5.41, 5.74) is 0.955. The lowest BCUT2D eigenvalue weighted by Gasteiger charge is -2.40. The Balaban J connectivity index is 1.85. The molecule has 1 amide bonds. The summed E-state index contributed by atoms with van der Waals surface area (Å²) < 4.78 is 11.3. The molecule has 1 aromatic rings. The second kappa shape index (κ2) is 5.35. The number of rotatable bonds is 2. The summed E-state index contributed by atoms with van der Waals surface area (Å²) in [5.74, 6) is 0.905. The predicted octanol–water partition coefficient (Wildman–Crippen LogP) is 3.57. The van der Waals surface area contributed by atoms with Crippen LogP contribution in [-0.4, -0.2) is 18.3 Å². The smallest absolute Gasteiger partial charge is 0.407 e. The van der Waals surface area contributed by atoms with Crippen LogP contribution in [0.25, 0.3) is 0 Å². The number of benzene rings is 1. The molecule has 0 radical (unpaired) electrons. The fourth-order valence-electron chi connectivity index (χ4n) is 3.39. The first kappa shape index (κ1) is 13.3. The second-order valence-corrected chi connectivity index (χ2v) is 5.65. The molecule has 4 heteroatoms. The fraction of sp³-hybridized carbons (Fsp3) is 0.562. The Morgan fingerprint density at radius 2 is 2.15 bits per heavy atom. The van der Waals surface area contributed by atoms with Gasteiger partial charge in [-0.2, -0.15) is 0 Å². The minimum atomic E-state index is -0.345. The quantitative estimate of drug-likeness (QED) is 0.897. The van der Waals surface area contributed by atoms with E-state index in [0.29, 0.717) is 6.61 Å². The van der Waals surface area contributed by atoms with Crippen LogP contribution in [0.1, 0.15) is 50.6 Å². The third-order valence-corrected chi connectivity index (χ3v) is 4.28. The lowest BCUT2D eigenvalue weighted by Crippen LogP contribution is -2.43. The largest absolute Gasteiger partial charge is 0.487 e. The van der Waals surface area contributed by atoms with Crippen molar-refractivity contribution in [2.24, 2.45) is 0 Å². The van der Waals surface area contributed by atoms with Gasteiger partial charge in [-0.3, -0.25) is 0 Å². The summed E-state index contributed by atoms with van der Waals surface area (Å²) in [6.45, 7) is 2.21. The van der Waals surface area contributed by atoms with Gasteiger partial charge in [0, 0.05) is 12.0 Å². The predicted molar refractivity (Wildman–Crippen MR) is 75.8 cm³/mol. The molecule has 0 bridgehead atoms. The number of ether oxygens (including phenoxy) is 2. The van der Waals surface area contributed by atoms with E-state index in [-0.39, 0.29) is 17.7 Å². The molecule has 108 valence electrons. The Morgan fingerprint density at radius 1 is 1.40 bits per heavy atom. The number of hydrogen-bond donors (Lipinski definition) is 1. The highest BCUT2D eigenvalue weighted by molar-refractivity contribution is 5.68. The number of alkyl carbamates (subject to hydrolysis) is 1. The van der Waals surface area contributed by atoms with E-state index in [1.807, 2.05) is 31.2 Å². The van der Waals surface area contributed by atoms with Gasteiger partial charge in [0.15, 0.2) is 0 Å². The Labute approximate surface area is 119 Å². The van der Waals surface area contributed by atoms with Crippen molar-refractivity contribution in [2.45, 2.75) is 50.7 Å². The van der Waals surface area contributed by atoms with Crippen LogP contribution in [0.2, 0.25) is 0 Å². The molecular weight excluding hydrogens is 254 g/mol. The molecule has 1 N–H and O–H groups in total. The fourth-order valence-corrected chi connectivity index (χ4v) is 3.39. The Bertz CT molecular complexity index is 494. The number of nitrogens with one attached hydrogen (secondary N) is 1. The molecule has 1 aromatic carbocycles. The van der Waals surface area contributed by atoms with Crippen molar-refractivity contribution in [2.75, 3.05) is 6.61 Å². The lowest BCUT2D eigenvalue weighted by molar-refractivity contribution is 0.0359. The molecule has 3 rings (SSSR count). The van der Waals surface area contributed by atoms with Gasteiger partial charge in [-0.05, 0) is 38.7 Å². The summed E-state index contributed by atoms with van der Waals surface area (Å²) in [4.78, 5) is 11.8. The van der Waals surface area contributed by atoms with Crippen LogP contribution in [0.3, 0.4) is 0 Å². The van der Waals surface area contributed by atoms with Gasteiger partial charge in [0.2, 0.25) is 0 Å². The van der Waals surface area contributed by atoms with Gasteiger partial charge in [-0.25, -0.2) is 4.79 Å². The summed E-state index contributed by atoms with van der Waals surface area (Å²) in [6, 6.07) is 7.96. The minimum Gasteiger partial charge on any atom is -0.487 e. The molecule has 0 unspecified atom stereocenters. The maximum atomic E-state index is 11.8. The van der Waals surface area contributed by atoms with Crippen molar-refractivity contribution >= 4 is 6.09 Å². The normalized spacial score (nSPS) is 22.9.